The second-order valence-electron chi connectivity index (χ2n) is 5.05. The Balaban J connectivity index is 1.79. The molecule has 118 valence electrons. The number of fused-ring (bicyclic) bond motifs is 1. The lowest BCUT2D eigenvalue weighted by Crippen LogP contribution is -1.98. The van der Waals surface area contributed by atoms with Gasteiger partial charge in [-0.15, -0.1) is 0 Å². The van der Waals surface area contributed by atoms with Gasteiger partial charge in [-0.1, -0.05) is 35.5 Å². The maximum absolute atomic E-state index is 13.8. The predicted molar refractivity (Wildman–Crippen MR) is 84.7 cm³/mol. The molecule has 0 aliphatic carbocycles. The van der Waals surface area contributed by atoms with Gasteiger partial charge in [-0.3, -0.25) is 0 Å². The van der Waals surface area contributed by atoms with Crippen LogP contribution >= 0.6 is 0 Å². The highest BCUT2D eigenvalue weighted by Gasteiger charge is 2.17. The zero-order valence-corrected chi connectivity index (χ0v) is 12.2. The average Bonchev–Trinajstić information content (AvgIpc) is 3.03. The summed E-state index contributed by atoms with van der Waals surface area (Å²) in [5.41, 5.74) is 2.28. The predicted octanol–water partition coefficient (Wildman–Crippen LogP) is 4.31. The van der Waals surface area contributed by atoms with E-state index in [2.05, 4.69) is 20.4 Å². The summed E-state index contributed by atoms with van der Waals surface area (Å²) in [5, 5.41) is 6.81. The lowest BCUT2D eigenvalue weighted by Gasteiger charge is -2.06. The summed E-state index contributed by atoms with van der Waals surface area (Å²) in [7, 11) is 0. The Kier molecular flexibility index (Phi) is 3.38. The van der Waals surface area contributed by atoms with Gasteiger partial charge in [-0.25, -0.2) is 18.7 Å². The first-order valence-corrected chi connectivity index (χ1v) is 7.10. The summed E-state index contributed by atoms with van der Waals surface area (Å²) in [4.78, 5) is 8.25. The van der Waals surface area contributed by atoms with Crippen molar-refractivity contribution in [3.05, 3.63) is 66.5 Å². The van der Waals surface area contributed by atoms with E-state index in [1.165, 1.54) is 12.4 Å². The monoisotopic (exact) mass is 324 g/mol. The zero-order chi connectivity index (χ0) is 16.5. The molecule has 0 unspecified atom stereocenters. The molecule has 0 fully saturated rings. The summed E-state index contributed by atoms with van der Waals surface area (Å²) in [5.74, 6) is -1.14. The molecule has 5 nitrogen and oxygen atoms in total. The molecule has 0 aliphatic rings. The van der Waals surface area contributed by atoms with Crippen molar-refractivity contribution >= 4 is 22.6 Å². The van der Waals surface area contributed by atoms with Gasteiger partial charge in [0.05, 0.1) is 5.69 Å². The molecule has 24 heavy (non-hydrogen) atoms. The SMILES string of the molecule is Fc1ccc(Nc2ncnc3c(-c4ccccc4)noc23)c(F)c1. The molecule has 0 atom stereocenters. The van der Waals surface area contributed by atoms with Crippen molar-refractivity contribution in [1.82, 2.24) is 15.1 Å². The number of nitrogens with zero attached hydrogens (tertiary/aromatic N) is 3. The first-order chi connectivity index (χ1) is 11.7. The first kappa shape index (κ1) is 14.3. The number of hydrogen-bond acceptors (Lipinski definition) is 5. The minimum atomic E-state index is -0.732. The molecular weight excluding hydrogens is 314 g/mol. The van der Waals surface area contributed by atoms with Gasteiger partial charge in [-0.2, -0.15) is 0 Å². The molecular formula is C17H10F2N4O. The fourth-order valence-corrected chi connectivity index (χ4v) is 2.36. The Labute approximate surface area is 135 Å². The number of rotatable bonds is 3. The maximum Gasteiger partial charge on any atom is 0.228 e. The van der Waals surface area contributed by atoms with Gasteiger partial charge in [0.2, 0.25) is 5.58 Å². The highest BCUT2D eigenvalue weighted by molar-refractivity contribution is 5.94. The van der Waals surface area contributed by atoms with E-state index in [1.807, 2.05) is 30.3 Å². The van der Waals surface area contributed by atoms with Crippen LogP contribution in [0.1, 0.15) is 0 Å². The normalized spacial score (nSPS) is 10.9. The molecule has 2 heterocycles. The van der Waals surface area contributed by atoms with E-state index in [9.17, 15) is 8.78 Å². The van der Waals surface area contributed by atoms with Crippen LogP contribution in [0.5, 0.6) is 0 Å². The second kappa shape index (κ2) is 5.69. The van der Waals surface area contributed by atoms with Crippen molar-refractivity contribution in [2.24, 2.45) is 0 Å². The van der Waals surface area contributed by atoms with Gasteiger partial charge in [-0.05, 0) is 12.1 Å². The maximum atomic E-state index is 13.8. The van der Waals surface area contributed by atoms with Gasteiger partial charge in [0.15, 0.2) is 5.82 Å². The molecule has 0 amide bonds. The van der Waals surface area contributed by atoms with Gasteiger partial charge < -0.3 is 9.84 Å². The summed E-state index contributed by atoms with van der Waals surface area (Å²) in [6.45, 7) is 0. The van der Waals surface area contributed by atoms with E-state index in [4.69, 9.17) is 4.52 Å². The molecule has 0 saturated carbocycles. The highest BCUT2D eigenvalue weighted by Crippen LogP contribution is 2.31. The molecule has 0 saturated heterocycles. The van der Waals surface area contributed by atoms with E-state index in [0.717, 1.165) is 17.7 Å². The highest BCUT2D eigenvalue weighted by atomic mass is 19.1. The summed E-state index contributed by atoms with van der Waals surface area (Å²) in [6.07, 6.45) is 1.33. The minimum absolute atomic E-state index is 0.0778. The molecule has 2 aromatic heterocycles. The largest absolute Gasteiger partial charge is 0.350 e. The van der Waals surface area contributed by atoms with Crippen LogP contribution in [0.25, 0.3) is 22.4 Å². The van der Waals surface area contributed by atoms with Crippen LogP contribution in [0.3, 0.4) is 0 Å². The average molecular weight is 324 g/mol. The first-order valence-electron chi connectivity index (χ1n) is 7.10. The molecule has 1 N–H and O–H groups in total. The number of aromatic nitrogens is 3. The zero-order valence-electron chi connectivity index (χ0n) is 12.2. The van der Waals surface area contributed by atoms with Gasteiger partial charge in [0.25, 0.3) is 0 Å². The Morgan fingerprint density at radius 3 is 2.58 bits per heavy atom. The van der Waals surface area contributed by atoms with Crippen LogP contribution in [0.4, 0.5) is 20.3 Å². The third kappa shape index (κ3) is 2.45. The van der Waals surface area contributed by atoms with Crippen LogP contribution in [0.15, 0.2) is 59.4 Å². The number of hydrogen-bond donors (Lipinski definition) is 1. The van der Waals surface area contributed by atoms with E-state index in [0.29, 0.717) is 16.8 Å². The topological polar surface area (TPSA) is 63.8 Å². The van der Waals surface area contributed by atoms with Crippen molar-refractivity contribution in [2.75, 3.05) is 5.32 Å². The van der Waals surface area contributed by atoms with Crippen LogP contribution in [0.2, 0.25) is 0 Å². The number of anilines is 2. The van der Waals surface area contributed by atoms with E-state index in [-0.39, 0.29) is 11.5 Å². The Bertz CT molecular complexity index is 1020. The number of halogens is 2. The molecule has 4 aromatic rings. The summed E-state index contributed by atoms with van der Waals surface area (Å²) < 4.78 is 32.2. The van der Waals surface area contributed by atoms with Gasteiger partial charge >= 0.3 is 0 Å². The smallest absolute Gasteiger partial charge is 0.228 e. The van der Waals surface area contributed by atoms with E-state index in [1.54, 1.807) is 0 Å². The minimum Gasteiger partial charge on any atom is -0.350 e. The molecule has 0 aliphatic heterocycles. The van der Waals surface area contributed by atoms with Crippen molar-refractivity contribution in [2.45, 2.75) is 0 Å². The molecule has 0 spiro atoms. The third-order valence-electron chi connectivity index (χ3n) is 3.49. The quantitative estimate of drug-likeness (QED) is 0.608. The number of nitrogens with one attached hydrogen (secondary N) is 1. The van der Waals surface area contributed by atoms with Crippen molar-refractivity contribution in [3.63, 3.8) is 0 Å². The van der Waals surface area contributed by atoms with Crippen LogP contribution in [0, 0.1) is 11.6 Å². The van der Waals surface area contributed by atoms with Gasteiger partial charge in [0.1, 0.15) is 29.2 Å². The summed E-state index contributed by atoms with van der Waals surface area (Å²) >= 11 is 0. The van der Waals surface area contributed by atoms with Gasteiger partial charge in [0, 0.05) is 11.6 Å². The number of benzene rings is 2. The molecule has 2 aromatic carbocycles. The van der Waals surface area contributed by atoms with Crippen molar-refractivity contribution in [3.8, 4) is 11.3 Å². The van der Waals surface area contributed by atoms with E-state index >= 15 is 0 Å². The Morgan fingerprint density at radius 2 is 1.79 bits per heavy atom. The third-order valence-corrected chi connectivity index (χ3v) is 3.49. The fraction of sp³-hybridized carbons (Fsp3) is 0. The van der Waals surface area contributed by atoms with Crippen molar-refractivity contribution in [1.29, 1.82) is 0 Å². The standard InChI is InChI=1S/C17H10F2N4O/c18-11-6-7-13(12(19)8-11)22-17-16-15(20-9-21-17)14(23-24-16)10-4-2-1-3-5-10/h1-9H,(H,20,21,22). The van der Waals surface area contributed by atoms with E-state index < -0.39 is 11.6 Å². The molecule has 7 heteroatoms. The lowest BCUT2D eigenvalue weighted by atomic mass is 10.1. The molecule has 0 bridgehead atoms. The van der Waals surface area contributed by atoms with Crippen molar-refractivity contribution < 1.29 is 13.3 Å². The van der Waals surface area contributed by atoms with Crippen LogP contribution in [-0.2, 0) is 0 Å². The summed E-state index contributed by atoms with van der Waals surface area (Å²) in [6, 6.07) is 12.6. The molecule has 0 radical (unpaired) electrons. The Morgan fingerprint density at radius 1 is 0.958 bits per heavy atom. The Hall–Kier alpha value is -3.35. The van der Waals surface area contributed by atoms with Crippen LogP contribution < -0.4 is 5.32 Å². The van der Waals surface area contributed by atoms with Crippen LogP contribution in [-0.4, -0.2) is 15.1 Å². The second-order valence-corrected chi connectivity index (χ2v) is 5.05. The molecule has 4 rings (SSSR count). The fourth-order valence-electron chi connectivity index (χ4n) is 2.36. The lowest BCUT2D eigenvalue weighted by molar-refractivity contribution is 0.459.